The van der Waals surface area contributed by atoms with Gasteiger partial charge in [-0.2, -0.15) is 11.3 Å². The maximum atomic E-state index is 12.5. The Hall–Kier alpha value is -1.88. The second kappa shape index (κ2) is 12.6. The lowest BCUT2D eigenvalue weighted by Gasteiger charge is -2.35. The average molecular weight is 528 g/mol. The van der Waals surface area contributed by atoms with E-state index in [0.717, 1.165) is 44.5 Å². The van der Waals surface area contributed by atoms with Crippen LogP contribution in [0, 0.1) is 0 Å². The van der Waals surface area contributed by atoms with Gasteiger partial charge in [-0.05, 0) is 41.4 Å². The summed E-state index contributed by atoms with van der Waals surface area (Å²) in [5, 5.41) is 10.6. The van der Waals surface area contributed by atoms with Crippen LogP contribution in [0.2, 0.25) is 0 Å². The quantitative estimate of drug-likeness (QED) is 0.329. The van der Waals surface area contributed by atoms with Gasteiger partial charge in [-0.25, -0.2) is 9.98 Å². The van der Waals surface area contributed by atoms with Crippen LogP contribution >= 0.6 is 35.3 Å². The van der Waals surface area contributed by atoms with Crippen molar-refractivity contribution in [2.24, 2.45) is 4.99 Å². The van der Waals surface area contributed by atoms with Crippen LogP contribution in [0.5, 0.6) is 0 Å². The van der Waals surface area contributed by atoms with Crippen LogP contribution < -0.4 is 15.5 Å². The summed E-state index contributed by atoms with van der Waals surface area (Å²) < 4.78 is 0. The summed E-state index contributed by atoms with van der Waals surface area (Å²) in [5.41, 5.74) is 1.20. The van der Waals surface area contributed by atoms with Crippen LogP contribution in [0.3, 0.4) is 0 Å². The van der Waals surface area contributed by atoms with Gasteiger partial charge in [-0.15, -0.1) is 24.0 Å². The van der Waals surface area contributed by atoms with Crippen molar-refractivity contribution in [1.29, 1.82) is 0 Å². The molecule has 0 aliphatic carbocycles. The zero-order valence-electron chi connectivity index (χ0n) is 16.7. The number of amides is 1. The molecule has 0 atom stereocenters. The number of hydrogen-bond donors (Lipinski definition) is 2. The molecule has 9 heteroatoms. The first kappa shape index (κ1) is 23.4. The number of anilines is 1. The summed E-state index contributed by atoms with van der Waals surface area (Å²) in [6.45, 7) is 7.16. The fourth-order valence-electron chi connectivity index (χ4n) is 3.07. The Morgan fingerprint density at radius 1 is 1.21 bits per heavy atom. The van der Waals surface area contributed by atoms with Crippen molar-refractivity contribution >= 4 is 53.0 Å². The molecule has 3 rings (SSSR count). The van der Waals surface area contributed by atoms with E-state index in [1.807, 2.05) is 30.0 Å². The molecule has 0 unspecified atom stereocenters. The highest BCUT2D eigenvalue weighted by atomic mass is 127. The zero-order chi connectivity index (χ0) is 19.6. The molecule has 7 nitrogen and oxygen atoms in total. The fraction of sp³-hybridized carbons (Fsp3) is 0.450. The molecule has 1 saturated heterocycles. The molecule has 1 aliphatic rings. The number of nitrogens with zero attached hydrogens (tertiary/aromatic N) is 4. The Kier molecular flexibility index (Phi) is 10.2. The van der Waals surface area contributed by atoms with E-state index >= 15 is 0 Å². The number of carbonyl (C=O) groups excluding carboxylic acids is 1. The third-order valence-electron chi connectivity index (χ3n) is 4.58. The largest absolute Gasteiger partial charge is 0.357 e. The molecule has 0 aromatic carbocycles. The third kappa shape index (κ3) is 7.46. The second-order valence-corrected chi connectivity index (χ2v) is 7.34. The summed E-state index contributed by atoms with van der Waals surface area (Å²) in [4.78, 5) is 25.6. The van der Waals surface area contributed by atoms with Gasteiger partial charge in [0.1, 0.15) is 5.82 Å². The summed E-state index contributed by atoms with van der Waals surface area (Å²) in [6, 6.07) is 8.00. The molecule has 1 fully saturated rings. The van der Waals surface area contributed by atoms with Crippen molar-refractivity contribution in [3.8, 4) is 0 Å². The van der Waals surface area contributed by atoms with Crippen molar-refractivity contribution in [3.05, 3.63) is 46.8 Å². The first-order valence-electron chi connectivity index (χ1n) is 9.73. The molecular formula is C20H29IN6OS. The molecule has 0 radical (unpaired) electrons. The van der Waals surface area contributed by atoms with Gasteiger partial charge in [0.25, 0.3) is 0 Å². The standard InChI is InChI=1S/C20H28N6OS.HI/c1-2-21-20(24-15-17-7-14-28-16-17)23-9-6-19(27)26-12-10-25(11-13-26)18-5-3-4-8-22-18;/h3-5,7-8,14,16H,2,6,9-13,15H2,1H3,(H2,21,23,24);1H. The van der Waals surface area contributed by atoms with E-state index < -0.39 is 0 Å². The van der Waals surface area contributed by atoms with E-state index in [-0.39, 0.29) is 29.9 Å². The summed E-state index contributed by atoms with van der Waals surface area (Å²) in [5.74, 6) is 1.91. The van der Waals surface area contributed by atoms with Gasteiger partial charge in [-0.3, -0.25) is 4.79 Å². The Bertz CT molecular complexity index is 748. The Labute approximate surface area is 193 Å². The van der Waals surface area contributed by atoms with E-state index in [1.165, 1.54) is 5.56 Å². The number of aromatic nitrogens is 1. The van der Waals surface area contributed by atoms with Gasteiger partial charge >= 0.3 is 0 Å². The number of rotatable bonds is 7. The second-order valence-electron chi connectivity index (χ2n) is 6.56. The topological polar surface area (TPSA) is 72.9 Å². The van der Waals surface area contributed by atoms with E-state index in [9.17, 15) is 4.79 Å². The van der Waals surface area contributed by atoms with Crippen molar-refractivity contribution in [2.75, 3.05) is 44.2 Å². The minimum atomic E-state index is 0. The predicted octanol–water partition coefficient (Wildman–Crippen LogP) is 2.56. The van der Waals surface area contributed by atoms with Crippen molar-refractivity contribution in [1.82, 2.24) is 20.5 Å². The molecule has 2 aromatic rings. The SMILES string of the molecule is CCNC(=NCc1ccsc1)NCCC(=O)N1CCN(c2ccccn2)CC1.I. The van der Waals surface area contributed by atoms with Gasteiger partial charge in [0.15, 0.2) is 5.96 Å². The fourth-order valence-corrected chi connectivity index (χ4v) is 3.73. The lowest BCUT2D eigenvalue weighted by atomic mass is 10.2. The van der Waals surface area contributed by atoms with Gasteiger partial charge < -0.3 is 20.4 Å². The molecule has 0 bridgehead atoms. The molecule has 1 aliphatic heterocycles. The number of aliphatic imine (C=N–C) groups is 1. The number of guanidine groups is 1. The summed E-state index contributed by atoms with van der Waals surface area (Å²) in [6.07, 6.45) is 2.27. The molecule has 3 heterocycles. The Morgan fingerprint density at radius 2 is 2.03 bits per heavy atom. The highest BCUT2D eigenvalue weighted by Gasteiger charge is 2.21. The van der Waals surface area contributed by atoms with Gasteiger partial charge in [-0.1, -0.05) is 6.07 Å². The molecule has 158 valence electrons. The molecule has 29 heavy (non-hydrogen) atoms. The first-order chi connectivity index (χ1) is 13.8. The Morgan fingerprint density at radius 3 is 2.69 bits per heavy atom. The average Bonchev–Trinajstić information content (AvgIpc) is 3.26. The minimum Gasteiger partial charge on any atom is -0.357 e. The highest BCUT2D eigenvalue weighted by Crippen LogP contribution is 2.13. The highest BCUT2D eigenvalue weighted by molar-refractivity contribution is 14.0. The van der Waals surface area contributed by atoms with Gasteiger partial charge in [0.05, 0.1) is 6.54 Å². The smallest absolute Gasteiger partial charge is 0.224 e. The lowest BCUT2D eigenvalue weighted by Crippen LogP contribution is -2.49. The number of hydrogen-bond acceptors (Lipinski definition) is 5. The molecule has 0 spiro atoms. The lowest BCUT2D eigenvalue weighted by molar-refractivity contribution is -0.131. The zero-order valence-corrected chi connectivity index (χ0v) is 19.9. The monoisotopic (exact) mass is 528 g/mol. The number of pyridine rings is 1. The maximum absolute atomic E-state index is 12.5. The predicted molar refractivity (Wildman–Crippen MR) is 130 cm³/mol. The molecule has 2 N–H and O–H groups in total. The number of thiophene rings is 1. The van der Waals surface area contributed by atoms with Crippen LogP contribution in [0.15, 0.2) is 46.2 Å². The summed E-state index contributed by atoms with van der Waals surface area (Å²) >= 11 is 1.67. The van der Waals surface area contributed by atoms with Gasteiger partial charge in [0.2, 0.25) is 5.91 Å². The van der Waals surface area contributed by atoms with E-state index in [1.54, 1.807) is 17.5 Å². The molecule has 0 saturated carbocycles. The van der Waals surface area contributed by atoms with Crippen molar-refractivity contribution in [3.63, 3.8) is 0 Å². The molecule has 2 aromatic heterocycles. The molecule has 1 amide bonds. The van der Waals surface area contributed by atoms with Crippen LogP contribution in [-0.4, -0.2) is 61.0 Å². The van der Waals surface area contributed by atoms with Crippen molar-refractivity contribution < 1.29 is 4.79 Å². The first-order valence-corrected chi connectivity index (χ1v) is 10.7. The van der Waals surface area contributed by atoms with Gasteiger partial charge in [0, 0.05) is 51.9 Å². The van der Waals surface area contributed by atoms with Crippen LogP contribution in [0.1, 0.15) is 18.9 Å². The number of carbonyl (C=O) groups is 1. The third-order valence-corrected chi connectivity index (χ3v) is 5.31. The summed E-state index contributed by atoms with van der Waals surface area (Å²) in [7, 11) is 0. The van der Waals surface area contributed by atoms with E-state index in [4.69, 9.17) is 0 Å². The van der Waals surface area contributed by atoms with Crippen LogP contribution in [0.25, 0.3) is 0 Å². The minimum absolute atomic E-state index is 0. The number of nitrogens with one attached hydrogen (secondary N) is 2. The Balaban J connectivity index is 0.00000300. The maximum Gasteiger partial charge on any atom is 0.224 e. The number of halogens is 1. The van der Waals surface area contributed by atoms with Crippen LogP contribution in [0.4, 0.5) is 5.82 Å². The normalized spacial score (nSPS) is 14.3. The van der Waals surface area contributed by atoms with Crippen LogP contribution in [-0.2, 0) is 11.3 Å². The van der Waals surface area contributed by atoms with Crippen molar-refractivity contribution in [2.45, 2.75) is 19.9 Å². The van der Waals surface area contributed by atoms with E-state index in [2.05, 4.69) is 42.3 Å². The number of piperazine rings is 1. The van der Waals surface area contributed by atoms with E-state index in [0.29, 0.717) is 19.5 Å². The molecular weight excluding hydrogens is 499 g/mol.